The average Bonchev–Trinajstić information content (AvgIpc) is 3.01. The van der Waals surface area contributed by atoms with E-state index in [1.165, 1.54) is 16.3 Å². The molecule has 0 radical (unpaired) electrons. The van der Waals surface area contributed by atoms with Crippen LogP contribution in [0.3, 0.4) is 0 Å². The van der Waals surface area contributed by atoms with E-state index in [0.717, 1.165) is 23.9 Å². The first kappa shape index (κ1) is 14.8. The second-order valence-electron chi connectivity index (χ2n) is 4.51. The second-order valence-corrected chi connectivity index (χ2v) is 6.37. The number of aryl methyl sites for hydroxylation is 2. The van der Waals surface area contributed by atoms with Crippen molar-refractivity contribution in [2.75, 3.05) is 7.05 Å². The first-order valence-electron chi connectivity index (χ1n) is 6.64. The highest BCUT2D eigenvalue weighted by molar-refractivity contribution is 9.10. The van der Waals surface area contributed by atoms with Gasteiger partial charge in [0.05, 0.1) is 5.69 Å². The summed E-state index contributed by atoms with van der Waals surface area (Å²) in [7, 11) is 2.02. The molecule has 0 spiro atoms. The van der Waals surface area contributed by atoms with E-state index in [1.54, 1.807) is 11.3 Å². The highest BCUT2D eigenvalue weighted by Gasteiger charge is 2.15. The lowest BCUT2D eigenvalue weighted by Crippen LogP contribution is -2.19. The zero-order valence-corrected chi connectivity index (χ0v) is 14.0. The number of hydrogen-bond acceptors (Lipinski definition) is 3. The third-order valence-corrected chi connectivity index (χ3v) is 5.08. The molecule has 0 fully saturated rings. The van der Waals surface area contributed by atoms with Crippen LogP contribution in [-0.4, -0.2) is 16.8 Å². The van der Waals surface area contributed by atoms with E-state index >= 15 is 0 Å². The molecule has 2 rings (SSSR count). The van der Waals surface area contributed by atoms with Gasteiger partial charge in [0.2, 0.25) is 0 Å². The highest BCUT2D eigenvalue weighted by Crippen LogP contribution is 2.28. The molecule has 0 aromatic carbocycles. The van der Waals surface area contributed by atoms with Crippen LogP contribution in [0.2, 0.25) is 0 Å². The topological polar surface area (TPSA) is 29.9 Å². The minimum atomic E-state index is 0.350. The van der Waals surface area contributed by atoms with Crippen molar-refractivity contribution < 1.29 is 0 Å². The van der Waals surface area contributed by atoms with E-state index in [2.05, 4.69) is 62.4 Å². The molecule has 3 nitrogen and oxygen atoms in total. The highest BCUT2D eigenvalue weighted by atomic mass is 79.9. The number of halogens is 1. The molecule has 104 valence electrons. The van der Waals surface area contributed by atoms with Gasteiger partial charge < -0.3 is 5.32 Å². The number of nitrogens with zero attached hydrogens (tertiary/aromatic N) is 2. The first-order valence-corrected chi connectivity index (χ1v) is 8.32. The van der Waals surface area contributed by atoms with Gasteiger partial charge in [0.25, 0.3) is 0 Å². The van der Waals surface area contributed by atoms with Gasteiger partial charge in [0.1, 0.15) is 0 Å². The fraction of sp³-hybridized carbons (Fsp3) is 0.500. The summed E-state index contributed by atoms with van der Waals surface area (Å²) in [6.07, 6.45) is 1.97. The molecule has 2 heterocycles. The predicted molar refractivity (Wildman–Crippen MR) is 84.8 cm³/mol. The molecule has 1 atom stereocenters. The Morgan fingerprint density at radius 2 is 2.21 bits per heavy atom. The molecule has 19 heavy (non-hydrogen) atoms. The summed E-state index contributed by atoms with van der Waals surface area (Å²) < 4.78 is 3.28. The van der Waals surface area contributed by atoms with Crippen LogP contribution in [0.1, 0.15) is 36.2 Å². The molecule has 5 heteroatoms. The lowest BCUT2D eigenvalue weighted by molar-refractivity contribution is 0.546. The van der Waals surface area contributed by atoms with Crippen LogP contribution in [-0.2, 0) is 19.4 Å². The van der Waals surface area contributed by atoms with Gasteiger partial charge in [-0.3, -0.25) is 4.68 Å². The van der Waals surface area contributed by atoms with Crippen LogP contribution < -0.4 is 5.32 Å². The number of nitrogens with one attached hydrogen (secondary N) is 1. The summed E-state index contributed by atoms with van der Waals surface area (Å²) in [4.78, 5) is 1.36. The van der Waals surface area contributed by atoms with Crippen molar-refractivity contribution in [2.45, 2.75) is 39.3 Å². The van der Waals surface area contributed by atoms with E-state index in [4.69, 9.17) is 0 Å². The van der Waals surface area contributed by atoms with Crippen LogP contribution in [0.25, 0.3) is 0 Å². The van der Waals surface area contributed by atoms with E-state index in [0.29, 0.717) is 6.04 Å². The molecule has 0 saturated carbocycles. The van der Waals surface area contributed by atoms with Gasteiger partial charge in [-0.2, -0.15) is 5.10 Å². The predicted octanol–water partition coefficient (Wildman–Crippen LogP) is 3.79. The Labute approximate surface area is 127 Å². The van der Waals surface area contributed by atoms with Crippen molar-refractivity contribution in [1.29, 1.82) is 0 Å². The van der Waals surface area contributed by atoms with Crippen molar-refractivity contribution in [2.24, 2.45) is 0 Å². The third-order valence-electron chi connectivity index (χ3n) is 3.27. The lowest BCUT2D eigenvalue weighted by atomic mass is 10.1. The smallest absolute Gasteiger partial charge is 0.0624 e. The second kappa shape index (κ2) is 6.68. The largest absolute Gasteiger partial charge is 0.312 e. The Hall–Kier alpha value is -0.650. The summed E-state index contributed by atoms with van der Waals surface area (Å²) >= 11 is 5.31. The van der Waals surface area contributed by atoms with Crippen LogP contribution in [0, 0.1) is 0 Å². The molecule has 0 bridgehead atoms. The zero-order valence-electron chi connectivity index (χ0n) is 11.6. The van der Waals surface area contributed by atoms with Crippen LogP contribution in [0.15, 0.2) is 22.0 Å². The third kappa shape index (κ3) is 3.46. The Morgan fingerprint density at radius 1 is 1.42 bits per heavy atom. The maximum absolute atomic E-state index is 4.62. The standard InChI is InChI=1S/C14H20BrN3S/c1-4-11-7-12(18(5-2)17-11)8-13(16-3)14-6-10(15)9-19-14/h6-7,9,13,16H,4-5,8H2,1-3H3. The maximum Gasteiger partial charge on any atom is 0.0624 e. The molecule has 0 saturated heterocycles. The van der Waals surface area contributed by atoms with Crippen molar-refractivity contribution in [3.8, 4) is 0 Å². The number of hydrogen-bond donors (Lipinski definition) is 1. The summed E-state index contributed by atoms with van der Waals surface area (Å²) in [5, 5.41) is 10.2. The molecule has 2 aromatic rings. The van der Waals surface area contributed by atoms with E-state index < -0.39 is 0 Å². The Balaban J connectivity index is 2.20. The van der Waals surface area contributed by atoms with E-state index in [1.807, 2.05) is 7.05 Å². The van der Waals surface area contributed by atoms with Gasteiger partial charge in [0, 0.05) is 39.4 Å². The molecular weight excluding hydrogens is 322 g/mol. The van der Waals surface area contributed by atoms with Crippen LogP contribution in [0.4, 0.5) is 0 Å². The maximum atomic E-state index is 4.62. The minimum absolute atomic E-state index is 0.350. The van der Waals surface area contributed by atoms with Gasteiger partial charge >= 0.3 is 0 Å². The van der Waals surface area contributed by atoms with E-state index in [-0.39, 0.29) is 0 Å². The van der Waals surface area contributed by atoms with Gasteiger partial charge in [-0.25, -0.2) is 0 Å². The number of thiophene rings is 1. The fourth-order valence-corrected chi connectivity index (χ4v) is 3.75. The van der Waals surface area contributed by atoms with Crippen LogP contribution >= 0.6 is 27.3 Å². The first-order chi connectivity index (χ1) is 9.17. The Kier molecular flexibility index (Phi) is 5.19. The SMILES string of the molecule is CCc1cc(CC(NC)c2cc(Br)cs2)n(CC)n1. The van der Waals surface area contributed by atoms with Crippen molar-refractivity contribution in [3.05, 3.63) is 38.3 Å². The van der Waals surface area contributed by atoms with Crippen LogP contribution in [0.5, 0.6) is 0 Å². The van der Waals surface area contributed by atoms with E-state index in [9.17, 15) is 0 Å². The molecule has 1 N–H and O–H groups in total. The fourth-order valence-electron chi connectivity index (χ4n) is 2.19. The molecule has 0 aliphatic heterocycles. The van der Waals surface area contributed by atoms with Gasteiger partial charge in [-0.15, -0.1) is 11.3 Å². The average molecular weight is 342 g/mol. The Morgan fingerprint density at radius 3 is 2.74 bits per heavy atom. The molecule has 0 amide bonds. The monoisotopic (exact) mass is 341 g/mol. The number of rotatable bonds is 6. The lowest BCUT2D eigenvalue weighted by Gasteiger charge is -2.15. The molecule has 0 aliphatic carbocycles. The van der Waals surface area contributed by atoms with Gasteiger partial charge in [-0.05, 0) is 48.5 Å². The summed E-state index contributed by atoms with van der Waals surface area (Å²) in [6, 6.07) is 4.78. The van der Waals surface area contributed by atoms with Crippen molar-refractivity contribution >= 4 is 27.3 Å². The minimum Gasteiger partial charge on any atom is -0.312 e. The normalized spacial score (nSPS) is 12.8. The summed E-state index contributed by atoms with van der Waals surface area (Å²) in [5.41, 5.74) is 2.49. The molecular formula is C14H20BrN3S. The summed E-state index contributed by atoms with van der Waals surface area (Å²) in [5.74, 6) is 0. The zero-order chi connectivity index (χ0) is 13.8. The summed E-state index contributed by atoms with van der Waals surface area (Å²) in [6.45, 7) is 5.23. The molecule has 0 aliphatic rings. The molecule has 2 aromatic heterocycles. The quantitative estimate of drug-likeness (QED) is 0.866. The van der Waals surface area contributed by atoms with Gasteiger partial charge in [0.15, 0.2) is 0 Å². The Bertz CT molecular complexity index is 533. The number of aromatic nitrogens is 2. The van der Waals surface area contributed by atoms with Crippen molar-refractivity contribution in [1.82, 2.24) is 15.1 Å². The van der Waals surface area contributed by atoms with Gasteiger partial charge in [-0.1, -0.05) is 6.92 Å². The van der Waals surface area contributed by atoms with Crippen molar-refractivity contribution in [3.63, 3.8) is 0 Å². The molecule has 1 unspecified atom stereocenters. The number of likely N-dealkylation sites (N-methyl/N-ethyl adjacent to an activating group) is 1.